The molecular formula is C28H30F4N4O2S. The third-order valence-corrected chi connectivity index (χ3v) is 7.74. The lowest BCUT2D eigenvalue weighted by Gasteiger charge is -2.33. The van der Waals surface area contributed by atoms with Gasteiger partial charge in [0.1, 0.15) is 11.9 Å². The Labute approximate surface area is 228 Å². The number of halogens is 4. The highest BCUT2D eigenvalue weighted by Crippen LogP contribution is 2.39. The first-order valence-electron chi connectivity index (χ1n) is 12.4. The molecule has 0 spiro atoms. The Hall–Kier alpha value is -3.49. The smallest absolute Gasteiger partial charge is 0.393 e. The maximum atomic E-state index is 14.7. The van der Waals surface area contributed by atoms with E-state index < -0.39 is 24.8 Å². The second kappa shape index (κ2) is 12.1. The number of benzene rings is 2. The predicted molar refractivity (Wildman–Crippen MR) is 148 cm³/mol. The monoisotopic (exact) mass is 562 g/mol. The zero-order valence-electron chi connectivity index (χ0n) is 21.8. The summed E-state index contributed by atoms with van der Waals surface area (Å²) in [7, 11) is 4.87. The third-order valence-electron chi connectivity index (χ3n) is 6.54. The lowest BCUT2D eigenvalue weighted by atomic mass is 10.0. The molecule has 0 saturated carbocycles. The first kappa shape index (κ1) is 28.5. The number of methoxy groups -OCH3 is 1. The van der Waals surface area contributed by atoms with E-state index >= 15 is 0 Å². The number of carbonyl (C=O) groups excluding carboxylic acids is 1. The first-order chi connectivity index (χ1) is 18.6. The van der Waals surface area contributed by atoms with Crippen LogP contribution >= 0.6 is 11.3 Å². The second-order valence-corrected chi connectivity index (χ2v) is 10.4. The molecule has 2 aromatic carbocycles. The molecule has 0 unspecified atom stereocenters. The SMILES string of the molecule is CNC(=O)c1ccc(NCC#Cc2sc3c(N[C@@H]4CCN(C)C[C@@H]4F)cccc3c2CC(F)(F)F)c(OC)c1. The fourth-order valence-electron chi connectivity index (χ4n) is 4.57. The average molecular weight is 563 g/mol. The van der Waals surface area contributed by atoms with E-state index in [9.17, 15) is 22.4 Å². The number of piperidine rings is 1. The fraction of sp³-hybridized carbons (Fsp3) is 0.393. The molecule has 11 heteroatoms. The van der Waals surface area contributed by atoms with E-state index in [0.717, 1.165) is 6.54 Å². The predicted octanol–water partition coefficient (Wildman–Crippen LogP) is 5.29. The van der Waals surface area contributed by atoms with Crippen molar-refractivity contribution in [3.8, 4) is 17.6 Å². The molecular weight excluding hydrogens is 532 g/mol. The summed E-state index contributed by atoms with van der Waals surface area (Å²) in [4.78, 5) is 14.1. The maximum Gasteiger partial charge on any atom is 0.393 e. The first-order valence-corrected chi connectivity index (χ1v) is 13.2. The van der Waals surface area contributed by atoms with Crippen LogP contribution in [-0.4, -0.2) is 70.0 Å². The molecule has 3 N–H and O–H groups in total. The van der Waals surface area contributed by atoms with Crippen molar-refractivity contribution >= 4 is 38.7 Å². The summed E-state index contributed by atoms with van der Waals surface area (Å²) in [5.41, 5.74) is 1.75. The number of thiophene rings is 1. The summed E-state index contributed by atoms with van der Waals surface area (Å²) in [6, 6.07) is 9.60. The number of hydrogen-bond acceptors (Lipinski definition) is 6. The quantitative estimate of drug-likeness (QED) is 0.270. The van der Waals surface area contributed by atoms with E-state index in [1.54, 1.807) is 36.4 Å². The van der Waals surface area contributed by atoms with Gasteiger partial charge in [-0.2, -0.15) is 13.2 Å². The number of carbonyl (C=O) groups is 1. The lowest BCUT2D eigenvalue weighted by molar-refractivity contribution is -0.126. The molecule has 39 heavy (non-hydrogen) atoms. The number of hydrogen-bond donors (Lipinski definition) is 3. The van der Waals surface area contributed by atoms with Gasteiger partial charge in [-0.05, 0) is 48.7 Å². The van der Waals surface area contributed by atoms with Gasteiger partial charge in [0.2, 0.25) is 0 Å². The topological polar surface area (TPSA) is 65.6 Å². The number of rotatable bonds is 7. The number of amides is 1. The average Bonchev–Trinajstić information content (AvgIpc) is 3.24. The molecule has 3 aromatic rings. The van der Waals surface area contributed by atoms with Crippen molar-refractivity contribution in [3.63, 3.8) is 0 Å². The van der Waals surface area contributed by atoms with Gasteiger partial charge in [0.05, 0.1) is 47.1 Å². The van der Waals surface area contributed by atoms with Crippen molar-refractivity contribution in [2.24, 2.45) is 0 Å². The number of nitrogens with one attached hydrogen (secondary N) is 3. The van der Waals surface area contributed by atoms with Gasteiger partial charge in [-0.3, -0.25) is 4.79 Å². The van der Waals surface area contributed by atoms with E-state index in [2.05, 4.69) is 27.8 Å². The molecule has 1 aliphatic rings. The van der Waals surface area contributed by atoms with Crippen LogP contribution in [0.15, 0.2) is 36.4 Å². The number of anilines is 2. The molecule has 4 rings (SSSR count). The highest BCUT2D eigenvalue weighted by Gasteiger charge is 2.32. The van der Waals surface area contributed by atoms with Crippen molar-refractivity contribution in [1.82, 2.24) is 10.2 Å². The number of nitrogens with zero attached hydrogens (tertiary/aromatic N) is 1. The van der Waals surface area contributed by atoms with Crippen molar-refractivity contribution in [2.45, 2.75) is 31.2 Å². The molecule has 1 fully saturated rings. The van der Waals surface area contributed by atoms with Crippen molar-refractivity contribution in [2.75, 3.05) is 51.5 Å². The summed E-state index contributed by atoms with van der Waals surface area (Å²) >= 11 is 1.18. The summed E-state index contributed by atoms with van der Waals surface area (Å²) in [6.07, 6.45) is -6.01. The van der Waals surface area contributed by atoms with Gasteiger partial charge in [0.25, 0.3) is 5.91 Å². The van der Waals surface area contributed by atoms with Crippen molar-refractivity contribution < 1.29 is 27.1 Å². The third kappa shape index (κ3) is 6.94. The zero-order chi connectivity index (χ0) is 28.2. The minimum Gasteiger partial charge on any atom is -0.495 e. The summed E-state index contributed by atoms with van der Waals surface area (Å²) in [5.74, 6) is 6.00. The van der Waals surface area contributed by atoms with Gasteiger partial charge >= 0.3 is 6.18 Å². The van der Waals surface area contributed by atoms with Crippen LogP contribution in [0.1, 0.15) is 27.2 Å². The van der Waals surface area contributed by atoms with Crippen LogP contribution in [-0.2, 0) is 6.42 Å². The molecule has 1 aliphatic heterocycles. The van der Waals surface area contributed by atoms with Gasteiger partial charge in [-0.25, -0.2) is 4.39 Å². The van der Waals surface area contributed by atoms with Crippen LogP contribution in [0.2, 0.25) is 0 Å². The Balaban J connectivity index is 1.59. The maximum absolute atomic E-state index is 14.7. The molecule has 2 heterocycles. The normalized spacial score (nSPS) is 17.8. The van der Waals surface area contributed by atoms with Gasteiger partial charge in [-0.15, -0.1) is 11.3 Å². The fourth-order valence-corrected chi connectivity index (χ4v) is 5.74. The van der Waals surface area contributed by atoms with Crippen LogP contribution in [0.25, 0.3) is 10.1 Å². The highest BCUT2D eigenvalue weighted by molar-refractivity contribution is 7.20. The molecule has 0 aliphatic carbocycles. The number of fused-ring (bicyclic) bond motifs is 1. The van der Waals surface area contributed by atoms with Gasteiger partial charge < -0.3 is 25.6 Å². The van der Waals surface area contributed by atoms with Gasteiger partial charge in [-0.1, -0.05) is 24.0 Å². The summed E-state index contributed by atoms with van der Waals surface area (Å²) in [5, 5.41) is 9.34. The van der Waals surface area contributed by atoms with E-state index in [1.807, 2.05) is 11.9 Å². The Kier molecular flexibility index (Phi) is 8.87. The van der Waals surface area contributed by atoms with Gasteiger partial charge in [0.15, 0.2) is 0 Å². The van der Waals surface area contributed by atoms with E-state index in [-0.39, 0.29) is 18.0 Å². The van der Waals surface area contributed by atoms with E-state index in [4.69, 9.17) is 4.74 Å². The molecule has 208 valence electrons. The minimum absolute atomic E-state index is 0.117. The summed E-state index contributed by atoms with van der Waals surface area (Å²) < 4.78 is 61.2. The second-order valence-electron chi connectivity index (χ2n) is 9.35. The van der Waals surface area contributed by atoms with Gasteiger partial charge in [0, 0.05) is 25.7 Å². The highest BCUT2D eigenvalue weighted by atomic mass is 32.1. The Morgan fingerprint density at radius 2 is 2.03 bits per heavy atom. The molecule has 0 radical (unpaired) electrons. The molecule has 0 bridgehead atoms. The van der Waals surface area contributed by atoms with E-state index in [0.29, 0.717) is 50.6 Å². The van der Waals surface area contributed by atoms with Crippen LogP contribution in [0, 0.1) is 11.8 Å². The Bertz CT molecular complexity index is 1400. The standard InChI is InChI=1S/C28H30F4N4O2S/c1-33-27(37)17-9-10-22(24(14-17)38-3)34-12-5-8-25-19(15-28(30,31)32)18-6-4-7-23(26(18)39-25)35-21-11-13-36(2)16-20(21)29/h4,6-7,9-10,14,20-21,34-35H,11-13,15-16H2,1-3H3,(H,33,37)/t20-,21+/m0/s1. The Morgan fingerprint density at radius 1 is 1.23 bits per heavy atom. The number of ether oxygens (including phenoxy) is 1. The summed E-state index contributed by atoms with van der Waals surface area (Å²) in [6.45, 7) is 1.18. The molecule has 6 nitrogen and oxygen atoms in total. The molecule has 1 aromatic heterocycles. The van der Waals surface area contributed by atoms with E-state index in [1.165, 1.54) is 25.5 Å². The number of alkyl halides is 4. The van der Waals surface area contributed by atoms with Crippen molar-refractivity contribution in [3.05, 3.63) is 52.4 Å². The van der Waals surface area contributed by atoms with Crippen LogP contribution in [0.4, 0.5) is 28.9 Å². The molecule has 1 saturated heterocycles. The molecule has 2 atom stereocenters. The zero-order valence-corrected chi connectivity index (χ0v) is 22.7. The largest absolute Gasteiger partial charge is 0.495 e. The molecule has 1 amide bonds. The van der Waals surface area contributed by atoms with Crippen molar-refractivity contribution in [1.29, 1.82) is 0 Å². The lowest BCUT2D eigenvalue weighted by Crippen LogP contribution is -2.46. The Morgan fingerprint density at radius 3 is 2.72 bits per heavy atom. The number of likely N-dealkylation sites (tertiary alicyclic amines) is 1. The van der Waals surface area contributed by atoms with Crippen LogP contribution < -0.4 is 20.7 Å². The minimum atomic E-state index is -4.41. The van der Waals surface area contributed by atoms with Crippen LogP contribution in [0.5, 0.6) is 5.75 Å². The van der Waals surface area contributed by atoms with Crippen LogP contribution in [0.3, 0.4) is 0 Å².